The van der Waals surface area contributed by atoms with Gasteiger partial charge in [-0.05, 0) is 68.3 Å². The molecule has 0 atom stereocenters. The number of anilines is 1. The van der Waals surface area contributed by atoms with Gasteiger partial charge < -0.3 is 9.88 Å². The van der Waals surface area contributed by atoms with Crippen molar-refractivity contribution in [1.29, 1.82) is 5.26 Å². The highest BCUT2D eigenvalue weighted by Gasteiger charge is 2.19. The fourth-order valence-corrected chi connectivity index (χ4v) is 3.52. The molecule has 0 aliphatic carbocycles. The number of nitrogens with one attached hydrogen (secondary N) is 1. The lowest BCUT2D eigenvalue weighted by Gasteiger charge is -2.10. The monoisotopic (exact) mass is 434 g/mol. The molecule has 0 radical (unpaired) electrons. The number of nitro benzene ring substituents is 1. The number of halogens is 1. The van der Waals surface area contributed by atoms with Crippen LogP contribution in [0.25, 0.3) is 11.8 Å². The van der Waals surface area contributed by atoms with Crippen LogP contribution in [0.4, 0.5) is 11.4 Å². The Kier molecular flexibility index (Phi) is 6.23. The summed E-state index contributed by atoms with van der Waals surface area (Å²) in [7, 11) is 0. The summed E-state index contributed by atoms with van der Waals surface area (Å²) in [6.07, 6.45) is 1.47. The Labute approximate surface area is 184 Å². The molecule has 8 heteroatoms. The molecule has 0 aliphatic heterocycles. The molecule has 1 aromatic heterocycles. The Morgan fingerprint density at radius 3 is 2.58 bits per heavy atom. The Balaban J connectivity index is 1.96. The first-order valence-corrected chi connectivity index (χ1v) is 9.72. The van der Waals surface area contributed by atoms with E-state index >= 15 is 0 Å². The molecule has 7 nitrogen and oxygen atoms in total. The molecular weight excluding hydrogens is 416 g/mol. The number of nitriles is 1. The minimum absolute atomic E-state index is 0.0335. The number of rotatable bonds is 5. The van der Waals surface area contributed by atoms with Crippen molar-refractivity contribution in [2.24, 2.45) is 0 Å². The van der Waals surface area contributed by atoms with Crippen molar-refractivity contribution in [2.45, 2.75) is 20.8 Å². The zero-order chi connectivity index (χ0) is 22.7. The van der Waals surface area contributed by atoms with E-state index in [4.69, 9.17) is 11.6 Å². The van der Waals surface area contributed by atoms with Gasteiger partial charge >= 0.3 is 0 Å². The predicted molar refractivity (Wildman–Crippen MR) is 120 cm³/mol. The number of hydrogen-bond donors (Lipinski definition) is 1. The van der Waals surface area contributed by atoms with Crippen molar-refractivity contribution in [2.75, 3.05) is 5.32 Å². The average Bonchev–Trinajstić information content (AvgIpc) is 3.00. The summed E-state index contributed by atoms with van der Waals surface area (Å²) in [5, 5.41) is 23.9. The van der Waals surface area contributed by atoms with Crippen molar-refractivity contribution in [1.82, 2.24) is 4.57 Å². The summed E-state index contributed by atoms with van der Waals surface area (Å²) in [5.41, 5.74) is 3.59. The van der Waals surface area contributed by atoms with E-state index in [0.29, 0.717) is 16.1 Å². The van der Waals surface area contributed by atoms with Gasteiger partial charge in [0.2, 0.25) is 0 Å². The molecule has 2 aromatic carbocycles. The van der Waals surface area contributed by atoms with Gasteiger partial charge in [0.05, 0.1) is 4.92 Å². The van der Waals surface area contributed by atoms with Gasteiger partial charge in [0.15, 0.2) is 0 Å². The zero-order valence-corrected chi connectivity index (χ0v) is 17.9. The number of nitrogens with zero attached hydrogens (tertiary/aromatic N) is 3. The van der Waals surface area contributed by atoms with Crippen LogP contribution >= 0.6 is 11.6 Å². The average molecular weight is 435 g/mol. The van der Waals surface area contributed by atoms with Crippen LogP contribution in [0, 0.1) is 42.2 Å². The highest BCUT2D eigenvalue weighted by molar-refractivity contribution is 6.30. The molecule has 156 valence electrons. The summed E-state index contributed by atoms with van der Waals surface area (Å²) in [6, 6.07) is 15.6. The normalized spacial score (nSPS) is 11.1. The van der Waals surface area contributed by atoms with E-state index in [1.165, 1.54) is 18.2 Å². The minimum Gasteiger partial charge on any atom is -0.318 e. The first kappa shape index (κ1) is 21.8. The summed E-state index contributed by atoms with van der Waals surface area (Å²) >= 11 is 6.11. The summed E-state index contributed by atoms with van der Waals surface area (Å²) in [4.78, 5) is 23.4. The van der Waals surface area contributed by atoms with Crippen LogP contribution in [0.3, 0.4) is 0 Å². The molecule has 3 aromatic rings. The van der Waals surface area contributed by atoms with Crippen LogP contribution in [0.15, 0.2) is 54.1 Å². The van der Waals surface area contributed by atoms with Crippen molar-refractivity contribution in [3.8, 4) is 11.8 Å². The smallest absolute Gasteiger partial charge is 0.293 e. The second-order valence-electron chi connectivity index (χ2n) is 7.04. The van der Waals surface area contributed by atoms with E-state index in [1.807, 2.05) is 48.7 Å². The molecule has 3 rings (SSSR count). The molecule has 0 bridgehead atoms. The van der Waals surface area contributed by atoms with Crippen molar-refractivity contribution in [3.05, 3.63) is 91.8 Å². The number of carbonyl (C=O) groups excluding carboxylic acids is 1. The van der Waals surface area contributed by atoms with Gasteiger partial charge in [0, 0.05) is 28.2 Å². The van der Waals surface area contributed by atoms with Gasteiger partial charge in [-0.1, -0.05) is 23.7 Å². The number of aryl methyl sites for hydroxylation is 2. The molecule has 0 fully saturated rings. The molecule has 0 spiro atoms. The SMILES string of the molecule is Cc1ccc(NC(=O)/C(C#N)=C/c2cc(C)n(-c3cccc(Cl)c3)c2C)c([N+](=O)[O-])c1. The lowest BCUT2D eigenvalue weighted by Crippen LogP contribution is -2.14. The molecule has 1 heterocycles. The highest BCUT2D eigenvalue weighted by Crippen LogP contribution is 2.27. The second-order valence-corrected chi connectivity index (χ2v) is 7.48. The third-order valence-corrected chi connectivity index (χ3v) is 5.03. The van der Waals surface area contributed by atoms with Gasteiger partial charge in [0.1, 0.15) is 17.3 Å². The lowest BCUT2D eigenvalue weighted by molar-refractivity contribution is -0.384. The van der Waals surface area contributed by atoms with Crippen molar-refractivity contribution in [3.63, 3.8) is 0 Å². The molecular formula is C23H19ClN4O3. The number of aromatic nitrogens is 1. The van der Waals surface area contributed by atoms with Gasteiger partial charge in [-0.3, -0.25) is 14.9 Å². The molecule has 1 amide bonds. The van der Waals surface area contributed by atoms with Gasteiger partial charge in [0.25, 0.3) is 11.6 Å². The van der Waals surface area contributed by atoms with Crippen molar-refractivity contribution >= 4 is 35.0 Å². The first-order chi connectivity index (χ1) is 14.7. The summed E-state index contributed by atoms with van der Waals surface area (Å²) < 4.78 is 1.97. The summed E-state index contributed by atoms with van der Waals surface area (Å²) in [6.45, 7) is 5.50. The molecule has 1 N–H and O–H groups in total. The predicted octanol–water partition coefficient (Wildman–Crippen LogP) is 5.51. The fourth-order valence-electron chi connectivity index (χ4n) is 3.34. The zero-order valence-electron chi connectivity index (χ0n) is 17.1. The number of carbonyl (C=O) groups is 1. The van der Waals surface area contributed by atoms with E-state index in [-0.39, 0.29) is 16.9 Å². The molecule has 0 saturated carbocycles. The standard InChI is InChI=1S/C23H19ClN4O3/c1-14-7-8-21(22(9-14)28(30)31)26-23(29)18(13-25)11-17-10-15(2)27(16(17)3)20-6-4-5-19(24)12-20/h4-12H,1-3H3,(H,26,29)/b18-11+. The second kappa shape index (κ2) is 8.86. The largest absolute Gasteiger partial charge is 0.318 e. The maximum Gasteiger partial charge on any atom is 0.293 e. The van der Waals surface area contributed by atoms with Gasteiger partial charge in [-0.2, -0.15) is 5.26 Å². The van der Waals surface area contributed by atoms with E-state index in [0.717, 1.165) is 17.1 Å². The first-order valence-electron chi connectivity index (χ1n) is 9.34. The summed E-state index contributed by atoms with van der Waals surface area (Å²) in [5.74, 6) is -0.720. The molecule has 0 unspecified atom stereocenters. The van der Waals surface area contributed by atoms with E-state index in [9.17, 15) is 20.2 Å². The molecule has 31 heavy (non-hydrogen) atoms. The van der Waals surface area contributed by atoms with Crippen LogP contribution in [-0.2, 0) is 4.79 Å². The van der Waals surface area contributed by atoms with Crippen LogP contribution in [0.5, 0.6) is 0 Å². The maximum absolute atomic E-state index is 12.7. The Morgan fingerprint density at radius 1 is 1.19 bits per heavy atom. The Bertz CT molecular complexity index is 1270. The fraction of sp³-hybridized carbons (Fsp3) is 0.130. The minimum atomic E-state index is -0.720. The van der Waals surface area contributed by atoms with Crippen LogP contribution in [-0.4, -0.2) is 15.4 Å². The lowest BCUT2D eigenvalue weighted by atomic mass is 10.1. The number of benzene rings is 2. The van der Waals surface area contributed by atoms with E-state index in [1.54, 1.807) is 19.1 Å². The van der Waals surface area contributed by atoms with E-state index < -0.39 is 10.8 Å². The number of hydrogen-bond acceptors (Lipinski definition) is 4. The maximum atomic E-state index is 12.7. The Morgan fingerprint density at radius 2 is 1.94 bits per heavy atom. The van der Waals surface area contributed by atoms with Crippen LogP contribution in [0.2, 0.25) is 5.02 Å². The van der Waals surface area contributed by atoms with Gasteiger partial charge in [-0.15, -0.1) is 0 Å². The van der Waals surface area contributed by atoms with Gasteiger partial charge in [-0.25, -0.2) is 0 Å². The number of nitro groups is 1. The molecule has 0 aliphatic rings. The van der Waals surface area contributed by atoms with Crippen LogP contribution < -0.4 is 5.32 Å². The van der Waals surface area contributed by atoms with Crippen molar-refractivity contribution < 1.29 is 9.72 Å². The quantitative estimate of drug-likeness (QED) is 0.247. The third-order valence-electron chi connectivity index (χ3n) is 4.80. The van der Waals surface area contributed by atoms with E-state index in [2.05, 4.69) is 5.32 Å². The van der Waals surface area contributed by atoms with Crippen LogP contribution in [0.1, 0.15) is 22.5 Å². The third kappa shape index (κ3) is 4.65. The highest BCUT2D eigenvalue weighted by atomic mass is 35.5. The Hall–Kier alpha value is -3.89. The number of amides is 1. The topological polar surface area (TPSA) is 101 Å². The molecule has 0 saturated heterocycles.